The largest absolute Gasteiger partial charge is 0.464 e. The van der Waals surface area contributed by atoms with Gasteiger partial charge in [-0.3, -0.25) is 10.1 Å². The lowest BCUT2D eigenvalue weighted by Crippen LogP contribution is -2.09. The van der Waals surface area contributed by atoms with E-state index in [2.05, 4.69) is 0 Å². The van der Waals surface area contributed by atoms with E-state index in [9.17, 15) is 27.7 Å². The van der Waals surface area contributed by atoms with Crippen molar-refractivity contribution in [3.05, 3.63) is 52.0 Å². The monoisotopic (exact) mass is 275 g/mol. The predicted octanol–water partition coefficient (Wildman–Crippen LogP) is 4.01. The van der Waals surface area contributed by atoms with Gasteiger partial charge < -0.3 is 4.42 Å². The first-order valence-electron chi connectivity index (χ1n) is 4.89. The van der Waals surface area contributed by atoms with Crippen LogP contribution in [-0.4, -0.2) is 4.92 Å². The summed E-state index contributed by atoms with van der Waals surface area (Å²) in [6.45, 7) is 0. The molecule has 0 bridgehead atoms. The van der Waals surface area contributed by atoms with Crippen molar-refractivity contribution in [3.63, 3.8) is 0 Å². The zero-order chi connectivity index (χ0) is 14.2. The first-order chi connectivity index (χ1) is 8.80. The van der Waals surface area contributed by atoms with Crippen LogP contribution in [0.5, 0.6) is 0 Å². The molecule has 0 radical (unpaired) electrons. The van der Waals surface area contributed by atoms with Crippen molar-refractivity contribution >= 4 is 5.69 Å². The number of alkyl halides is 3. The molecule has 100 valence electrons. The Morgan fingerprint density at radius 2 is 1.95 bits per heavy atom. The standard InChI is InChI=1S/C11H5F4NO3/c12-8-4-6(10-2-1-3-19-10)9(16(17)18)5-7(8)11(13,14)15/h1-5H. The van der Waals surface area contributed by atoms with Crippen LogP contribution in [0, 0.1) is 15.9 Å². The summed E-state index contributed by atoms with van der Waals surface area (Å²) in [5.41, 5.74) is -2.90. The first-order valence-corrected chi connectivity index (χ1v) is 4.89. The molecule has 1 heterocycles. The molecule has 0 aliphatic heterocycles. The number of hydrogen-bond donors (Lipinski definition) is 0. The minimum absolute atomic E-state index is 0.0840. The molecule has 4 nitrogen and oxygen atoms in total. The third-order valence-corrected chi connectivity index (χ3v) is 2.37. The molecule has 19 heavy (non-hydrogen) atoms. The molecule has 0 aliphatic rings. The van der Waals surface area contributed by atoms with Crippen molar-refractivity contribution in [2.75, 3.05) is 0 Å². The molecule has 1 aromatic carbocycles. The lowest BCUT2D eigenvalue weighted by atomic mass is 10.1. The smallest absolute Gasteiger partial charge is 0.419 e. The molecule has 0 atom stereocenters. The molecule has 2 rings (SSSR count). The molecule has 0 spiro atoms. The Morgan fingerprint density at radius 1 is 1.26 bits per heavy atom. The van der Waals surface area contributed by atoms with E-state index >= 15 is 0 Å². The van der Waals surface area contributed by atoms with Gasteiger partial charge in [-0.1, -0.05) is 0 Å². The number of nitro groups is 1. The Hall–Kier alpha value is -2.38. The molecule has 0 unspecified atom stereocenters. The Kier molecular flexibility index (Phi) is 3.01. The Balaban J connectivity index is 2.70. The molecule has 8 heteroatoms. The summed E-state index contributed by atoms with van der Waals surface area (Å²) in [7, 11) is 0. The minimum atomic E-state index is -5.00. The second kappa shape index (κ2) is 4.38. The van der Waals surface area contributed by atoms with Gasteiger partial charge in [0.25, 0.3) is 5.69 Å². The summed E-state index contributed by atoms with van der Waals surface area (Å²) < 4.78 is 55.7. The van der Waals surface area contributed by atoms with E-state index in [-0.39, 0.29) is 17.4 Å². The van der Waals surface area contributed by atoms with Gasteiger partial charge in [-0.2, -0.15) is 13.2 Å². The van der Waals surface area contributed by atoms with Crippen molar-refractivity contribution in [3.8, 4) is 11.3 Å². The molecule has 0 N–H and O–H groups in total. The number of rotatable bonds is 2. The normalized spacial score (nSPS) is 11.6. The van der Waals surface area contributed by atoms with Crippen molar-refractivity contribution in [1.29, 1.82) is 0 Å². The third-order valence-electron chi connectivity index (χ3n) is 2.37. The highest BCUT2D eigenvalue weighted by Crippen LogP contribution is 2.38. The summed E-state index contributed by atoms with van der Waals surface area (Å²) in [5.74, 6) is -1.68. The van der Waals surface area contributed by atoms with E-state index in [0.717, 1.165) is 0 Å². The van der Waals surface area contributed by atoms with E-state index in [1.54, 1.807) is 0 Å². The van der Waals surface area contributed by atoms with Crippen molar-refractivity contribution in [1.82, 2.24) is 0 Å². The topological polar surface area (TPSA) is 56.3 Å². The van der Waals surface area contributed by atoms with E-state index in [1.807, 2.05) is 0 Å². The molecule has 0 saturated heterocycles. The fraction of sp³-hybridized carbons (Fsp3) is 0.0909. The second-order valence-electron chi connectivity index (χ2n) is 3.58. The van der Waals surface area contributed by atoms with Crippen LogP contribution >= 0.6 is 0 Å². The molecule has 2 aromatic rings. The zero-order valence-electron chi connectivity index (χ0n) is 9.07. The highest BCUT2D eigenvalue weighted by atomic mass is 19.4. The van der Waals surface area contributed by atoms with Crippen LogP contribution in [0.3, 0.4) is 0 Å². The van der Waals surface area contributed by atoms with Crippen LogP contribution in [0.4, 0.5) is 23.2 Å². The lowest BCUT2D eigenvalue weighted by Gasteiger charge is -2.09. The predicted molar refractivity (Wildman–Crippen MR) is 55.8 cm³/mol. The fourth-order valence-electron chi connectivity index (χ4n) is 1.56. The average Bonchev–Trinajstić information content (AvgIpc) is 2.79. The summed E-state index contributed by atoms with van der Waals surface area (Å²) in [4.78, 5) is 9.76. The Labute approximate surface area is 103 Å². The second-order valence-corrected chi connectivity index (χ2v) is 3.58. The Bertz CT molecular complexity index is 620. The quantitative estimate of drug-likeness (QED) is 0.472. The van der Waals surface area contributed by atoms with Gasteiger partial charge in [-0.05, 0) is 18.2 Å². The summed E-state index contributed by atoms with van der Waals surface area (Å²) in [6.07, 6.45) is -3.83. The molecule has 0 aliphatic carbocycles. The maximum atomic E-state index is 13.4. The molecular weight excluding hydrogens is 270 g/mol. The van der Waals surface area contributed by atoms with Crippen LogP contribution in [-0.2, 0) is 6.18 Å². The summed E-state index contributed by atoms with van der Waals surface area (Å²) in [5, 5.41) is 10.8. The van der Waals surface area contributed by atoms with E-state index in [1.165, 1.54) is 18.4 Å². The molecule has 1 aromatic heterocycles. The van der Waals surface area contributed by atoms with Crippen molar-refractivity contribution in [2.24, 2.45) is 0 Å². The number of benzene rings is 1. The van der Waals surface area contributed by atoms with Gasteiger partial charge in [0, 0.05) is 6.07 Å². The molecule has 0 amide bonds. The molecule has 0 fully saturated rings. The minimum Gasteiger partial charge on any atom is -0.464 e. The van der Waals surface area contributed by atoms with Gasteiger partial charge in [0.15, 0.2) is 0 Å². The molecular formula is C11H5F4NO3. The van der Waals surface area contributed by atoms with Crippen LogP contribution in [0.15, 0.2) is 34.9 Å². The highest BCUT2D eigenvalue weighted by Gasteiger charge is 2.37. The average molecular weight is 275 g/mol. The van der Waals surface area contributed by atoms with E-state index in [4.69, 9.17) is 4.42 Å². The number of furan rings is 1. The van der Waals surface area contributed by atoms with E-state index in [0.29, 0.717) is 6.07 Å². The number of hydrogen-bond acceptors (Lipinski definition) is 3. The third kappa shape index (κ3) is 2.42. The van der Waals surface area contributed by atoms with Crippen LogP contribution in [0.2, 0.25) is 0 Å². The summed E-state index contributed by atoms with van der Waals surface area (Å²) >= 11 is 0. The highest BCUT2D eigenvalue weighted by molar-refractivity contribution is 5.70. The van der Waals surface area contributed by atoms with Crippen molar-refractivity contribution in [2.45, 2.75) is 6.18 Å². The fourth-order valence-corrected chi connectivity index (χ4v) is 1.56. The number of halogens is 4. The molecule has 0 saturated carbocycles. The Morgan fingerprint density at radius 3 is 2.42 bits per heavy atom. The van der Waals surface area contributed by atoms with Gasteiger partial charge in [0.2, 0.25) is 0 Å². The first kappa shape index (κ1) is 13.1. The van der Waals surface area contributed by atoms with Crippen LogP contribution < -0.4 is 0 Å². The van der Waals surface area contributed by atoms with Gasteiger partial charge in [-0.15, -0.1) is 0 Å². The zero-order valence-corrected chi connectivity index (χ0v) is 9.07. The van der Waals surface area contributed by atoms with Gasteiger partial charge in [0.05, 0.1) is 22.3 Å². The maximum Gasteiger partial charge on any atom is 0.419 e. The number of nitrogens with zero attached hydrogens (tertiary/aromatic N) is 1. The van der Waals surface area contributed by atoms with E-state index < -0.39 is 28.2 Å². The van der Waals surface area contributed by atoms with Gasteiger partial charge >= 0.3 is 6.18 Å². The number of nitro benzene ring substituents is 1. The van der Waals surface area contributed by atoms with Gasteiger partial charge in [0.1, 0.15) is 11.6 Å². The summed E-state index contributed by atoms with van der Waals surface area (Å²) in [6, 6.07) is 3.27. The van der Waals surface area contributed by atoms with Crippen LogP contribution in [0.25, 0.3) is 11.3 Å². The van der Waals surface area contributed by atoms with Crippen LogP contribution in [0.1, 0.15) is 5.56 Å². The van der Waals surface area contributed by atoms with Crippen molar-refractivity contribution < 1.29 is 26.9 Å². The maximum absolute atomic E-state index is 13.4. The SMILES string of the molecule is O=[N+]([O-])c1cc(C(F)(F)F)c(F)cc1-c1ccco1. The lowest BCUT2D eigenvalue weighted by molar-refractivity contribution is -0.384. The van der Waals surface area contributed by atoms with Gasteiger partial charge in [-0.25, -0.2) is 4.39 Å².